The highest BCUT2D eigenvalue weighted by Crippen LogP contribution is 2.26. The lowest BCUT2D eigenvalue weighted by molar-refractivity contribution is 0.0955. The number of phenolic OH excluding ortho intramolecular Hbond substituents is 2. The molecule has 0 spiro atoms. The Bertz CT molecular complexity index is 666. The first-order chi connectivity index (χ1) is 10.1. The second-order valence-electron chi connectivity index (χ2n) is 4.14. The highest BCUT2D eigenvalue weighted by Gasteiger charge is 2.05. The molecule has 3 N–H and O–H groups in total. The quantitative estimate of drug-likeness (QED) is 0.454. The van der Waals surface area contributed by atoms with E-state index in [9.17, 15) is 15.0 Å². The van der Waals surface area contributed by atoms with Crippen LogP contribution in [0.25, 0.3) is 0 Å². The minimum atomic E-state index is -0.395. The Morgan fingerprint density at radius 2 is 1.90 bits per heavy atom. The number of hydrogen-bond donors (Lipinski definition) is 3. The molecule has 6 nitrogen and oxygen atoms in total. The molecule has 0 saturated carbocycles. The number of methoxy groups -OCH3 is 1. The fraction of sp³-hybridized carbons (Fsp3) is 0.0667. The number of nitrogens with one attached hydrogen (secondary N) is 1. The predicted octanol–water partition coefficient (Wildman–Crippen LogP) is 1.87. The second-order valence-corrected chi connectivity index (χ2v) is 4.14. The molecular formula is C15H14N2O4. The van der Waals surface area contributed by atoms with Gasteiger partial charge in [-0.1, -0.05) is 6.07 Å². The number of amides is 1. The third-order valence-electron chi connectivity index (χ3n) is 2.77. The summed E-state index contributed by atoms with van der Waals surface area (Å²) in [5, 5.41) is 22.6. The summed E-state index contributed by atoms with van der Waals surface area (Å²) in [6.45, 7) is 0. The average molecular weight is 286 g/mol. The summed E-state index contributed by atoms with van der Waals surface area (Å²) < 4.78 is 5.00. The number of ether oxygens (including phenoxy) is 1. The largest absolute Gasteiger partial charge is 0.504 e. The van der Waals surface area contributed by atoms with Gasteiger partial charge in [0.25, 0.3) is 5.91 Å². The first-order valence-corrected chi connectivity index (χ1v) is 6.10. The van der Waals surface area contributed by atoms with E-state index in [1.165, 1.54) is 12.3 Å². The first-order valence-electron chi connectivity index (χ1n) is 6.10. The number of aromatic hydroxyl groups is 2. The SMILES string of the molecule is COc1ccc(C(=O)N/N=C/c2cccc(O)c2O)cc1. The fourth-order valence-electron chi connectivity index (χ4n) is 1.62. The molecule has 0 saturated heterocycles. The Morgan fingerprint density at radius 1 is 1.19 bits per heavy atom. The molecule has 0 fully saturated rings. The van der Waals surface area contributed by atoms with Gasteiger partial charge in [0, 0.05) is 11.1 Å². The van der Waals surface area contributed by atoms with Crippen LogP contribution in [0.4, 0.5) is 0 Å². The first kappa shape index (κ1) is 14.4. The molecule has 108 valence electrons. The Balaban J connectivity index is 2.03. The monoisotopic (exact) mass is 286 g/mol. The molecule has 0 radical (unpaired) electrons. The van der Waals surface area contributed by atoms with Gasteiger partial charge >= 0.3 is 0 Å². The molecule has 21 heavy (non-hydrogen) atoms. The van der Waals surface area contributed by atoms with Crippen molar-refractivity contribution in [3.05, 3.63) is 53.6 Å². The molecule has 0 aliphatic heterocycles. The Hall–Kier alpha value is -3.02. The lowest BCUT2D eigenvalue weighted by Gasteiger charge is -2.03. The van der Waals surface area contributed by atoms with Crippen LogP contribution in [-0.4, -0.2) is 29.4 Å². The lowest BCUT2D eigenvalue weighted by atomic mass is 10.2. The molecule has 2 rings (SSSR count). The third-order valence-corrected chi connectivity index (χ3v) is 2.77. The molecule has 0 bridgehead atoms. The van der Waals surface area contributed by atoms with E-state index in [1.54, 1.807) is 43.5 Å². The van der Waals surface area contributed by atoms with Gasteiger partial charge < -0.3 is 14.9 Å². The average Bonchev–Trinajstić information content (AvgIpc) is 2.51. The van der Waals surface area contributed by atoms with E-state index >= 15 is 0 Å². The minimum Gasteiger partial charge on any atom is -0.504 e. The maximum absolute atomic E-state index is 11.8. The topological polar surface area (TPSA) is 91.2 Å². The van der Waals surface area contributed by atoms with E-state index in [2.05, 4.69) is 10.5 Å². The normalized spacial score (nSPS) is 10.5. The molecule has 0 aliphatic carbocycles. The van der Waals surface area contributed by atoms with Gasteiger partial charge in [0.2, 0.25) is 0 Å². The lowest BCUT2D eigenvalue weighted by Crippen LogP contribution is -2.17. The van der Waals surface area contributed by atoms with Crippen molar-refractivity contribution < 1.29 is 19.7 Å². The van der Waals surface area contributed by atoms with E-state index in [-0.39, 0.29) is 11.5 Å². The van der Waals surface area contributed by atoms with Gasteiger partial charge in [0.15, 0.2) is 11.5 Å². The van der Waals surface area contributed by atoms with Crippen LogP contribution in [0.5, 0.6) is 17.2 Å². The van der Waals surface area contributed by atoms with Crippen molar-refractivity contribution >= 4 is 12.1 Å². The molecule has 0 heterocycles. The molecule has 2 aromatic carbocycles. The van der Waals surface area contributed by atoms with Gasteiger partial charge in [-0.3, -0.25) is 4.79 Å². The van der Waals surface area contributed by atoms with Crippen molar-refractivity contribution in [2.45, 2.75) is 0 Å². The van der Waals surface area contributed by atoms with Gasteiger partial charge in [-0.2, -0.15) is 5.10 Å². The molecule has 1 amide bonds. The minimum absolute atomic E-state index is 0.250. The van der Waals surface area contributed by atoms with Crippen LogP contribution in [0.1, 0.15) is 15.9 Å². The number of carbonyl (C=O) groups excluding carboxylic acids is 1. The number of phenols is 2. The molecule has 0 aromatic heterocycles. The maximum Gasteiger partial charge on any atom is 0.271 e. The number of hydrazone groups is 1. The van der Waals surface area contributed by atoms with Gasteiger partial charge in [-0.15, -0.1) is 0 Å². The summed E-state index contributed by atoms with van der Waals surface area (Å²) >= 11 is 0. The number of para-hydroxylation sites is 1. The van der Waals surface area contributed by atoms with Crippen LogP contribution in [0.3, 0.4) is 0 Å². The van der Waals surface area contributed by atoms with Crippen LogP contribution >= 0.6 is 0 Å². The van der Waals surface area contributed by atoms with Gasteiger partial charge in [-0.25, -0.2) is 5.43 Å². The summed E-state index contributed by atoms with van der Waals surface area (Å²) in [5.74, 6) is -0.284. The molecule has 2 aromatic rings. The van der Waals surface area contributed by atoms with Crippen LogP contribution in [0, 0.1) is 0 Å². The highest BCUT2D eigenvalue weighted by molar-refractivity contribution is 5.95. The highest BCUT2D eigenvalue weighted by atomic mass is 16.5. The van der Waals surface area contributed by atoms with Crippen LogP contribution in [0.15, 0.2) is 47.6 Å². The van der Waals surface area contributed by atoms with Crippen LogP contribution < -0.4 is 10.2 Å². The number of carbonyl (C=O) groups is 1. The number of rotatable bonds is 4. The Morgan fingerprint density at radius 3 is 2.57 bits per heavy atom. The summed E-state index contributed by atoms with van der Waals surface area (Å²) in [6.07, 6.45) is 1.25. The molecular weight excluding hydrogens is 272 g/mol. The Labute approximate surface area is 121 Å². The van der Waals surface area contributed by atoms with Gasteiger partial charge in [-0.05, 0) is 36.4 Å². The second kappa shape index (κ2) is 6.42. The predicted molar refractivity (Wildman–Crippen MR) is 77.8 cm³/mol. The zero-order valence-electron chi connectivity index (χ0n) is 11.3. The maximum atomic E-state index is 11.8. The zero-order valence-corrected chi connectivity index (χ0v) is 11.3. The summed E-state index contributed by atoms with van der Waals surface area (Å²) in [7, 11) is 1.54. The van der Waals surface area contributed by atoms with Crippen molar-refractivity contribution in [1.82, 2.24) is 5.43 Å². The van der Waals surface area contributed by atoms with E-state index in [4.69, 9.17) is 4.74 Å². The van der Waals surface area contributed by atoms with Crippen LogP contribution in [0.2, 0.25) is 0 Å². The zero-order chi connectivity index (χ0) is 15.2. The molecule has 6 heteroatoms. The van der Waals surface area contributed by atoms with E-state index < -0.39 is 5.91 Å². The van der Waals surface area contributed by atoms with Crippen molar-refractivity contribution in [1.29, 1.82) is 0 Å². The smallest absolute Gasteiger partial charge is 0.271 e. The van der Waals surface area contributed by atoms with Crippen LogP contribution in [-0.2, 0) is 0 Å². The van der Waals surface area contributed by atoms with Crippen molar-refractivity contribution in [2.24, 2.45) is 5.10 Å². The molecule has 0 unspecified atom stereocenters. The number of hydrogen-bond acceptors (Lipinski definition) is 5. The molecule has 0 aliphatic rings. The summed E-state index contributed by atoms with van der Waals surface area (Å²) in [5.41, 5.74) is 3.05. The summed E-state index contributed by atoms with van der Waals surface area (Å²) in [6, 6.07) is 11.0. The van der Waals surface area contributed by atoms with Crippen molar-refractivity contribution in [3.8, 4) is 17.2 Å². The van der Waals surface area contributed by atoms with Gasteiger partial charge in [0.05, 0.1) is 13.3 Å². The number of benzene rings is 2. The van der Waals surface area contributed by atoms with Gasteiger partial charge in [0.1, 0.15) is 5.75 Å². The fourth-order valence-corrected chi connectivity index (χ4v) is 1.62. The number of nitrogens with zero attached hydrogens (tertiary/aromatic N) is 1. The standard InChI is InChI=1S/C15H14N2O4/c1-21-12-7-5-10(6-8-12)15(20)17-16-9-11-3-2-4-13(18)14(11)19/h2-9,18-19H,1H3,(H,17,20)/b16-9+. The van der Waals surface area contributed by atoms with Crippen molar-refractivity contribution in [2.75, 3.05) is 7.11 Å². The van der Waals surface area contributed by atoms with E-state index in [0.29, 0.717) is 16.9 Å². The third kappa shape index (κ3) is 3.50. The summed E-state index contributed by atoms with van der Waals surface area (Å²) in [4.78, 5) is 11.8. The van der Waals surface area contributed by atoms with E-state index in [1.807, 2.05) is 0 Å². The van der Waals surface area contributed by atoms with E-state index in [0.717, 1.165) is 0 Å². The Kier molecular flexibility index (Phi) is 4.40. The van der Waals surface area contributed by atoms with Crippen molar-refractivity contribution in [3.63, 3.8) is 0 Å². The molecule has 0 atom stereocenters.